The first-order chi connectivity index (χ1) is 5.93. The minimum Gasteiger partial charge on any atom is -0.425 e. The summed E-state index contributed by atoms with van der Waals surface area (Å²) in [5.74, 6) is 2.75. The van der Waals surface area contributed by atoms with Crippen molar-refractivity contribution >= 4 is 0 Å². The molecule has 0 radical (unpaired) electrons. The lowest BCUT2D eigenvalue weighted by molar-refractivity contribution is 0.345. The number of hydrogen-bond donors (Lipinski definition) is 1. The first-order valence-electron chi connectivity index (χ1n) is 4.47. The second kappa shape index (κ2) is 2.29. The van der Waals surface area contributed by atoms with E-state index in [1.165, 1.54) is 12.8 Å². The highest BCUT2D eigenvalue weighted by molar-refractivity contribution is 5.04. The topological polar surface area (TPSA) is 51.0 Å². The molecule has 4 nitrogen and oxygen atoms in total. The van der Waals surface area contributed by atoms with Gasteiger partial charge in [-0.15, -0.1) is 10.2 Å². The number of hydrogen-bond acceptors (Lipinski definition) is 4. The zero-order valence-electron chi connectivity index (χ0n) is 6.79. The van der Waals surface area contributed by atoms with E-state index in [2.05, 4.69) is 15.5 Å². The van der Waals surface area contributed by atoms with Gasteiger partial charge in [0.05, 0.1) is 5.92 Å². The van der Waals surface area contributed by atoms with Crippen LogP contribution in [0.5, 0.6) is 0 Å². The van der Waals surface area contributed by atoms with Crippen LogP contribution in [0.1, 0.15) is 36.5 Å². The molecule has 2 fully saturated rings. The summed E-state index contributed by atoms with van der Waals surface area (Å²) in [5.41, 5.74) is 0. The summed E-state index contributed by atoms with van der Waals surface area (Å²) in [6, 6.07) is 0. The van der Waals surface area contributed by atoms with Crippen molar-refractivity contribution in [3.8, 4) is 0 Å². The van der Waals surface area contributed by atoms with Crippen molar-refractivity contribution in [3.05, 3.63) is 11.8 Å². The molecular formula is C8H11N3O. The monoisotopic (exact) mass is 165 g/mol. The summed E-state index contributed by atoms with van der Waals surface area (Å²) in [7, 11) is 0. The second-order valence-corrected chi connectivity index (χ2v) is 3.61. The minimum absolute atomic E-state index is 0.477. The Balaban J connectivity index is 1.81. The Morgan fingerprint density at radius 3 is 2.25 bits per heavy atom. The number of aromatic nitrogens is 2. The molecule has 0 amide bonds. The predicted molar refractivity (Wildman–Crippen MR) is 41.9 cm³/mol. The van der Waals surface area contributed by atoms with E-state index in [4.69, 9.17) is 4.42 Å². The Morgan fingerprint density at radius 2 is 1.75 bits per heavy atom. The molecule has 0 unspecified atom stereocenters. The maximum atomic E-state index is 5.55. The summed E-state index contributed by atoms with van der Waals surface area (Å²) < 4.78 is 5.55. The van der Waals surface area contributed by atoms with Gasteiger partial charge in [-0.25, -0.2) is 0 Å². The van der Waals surface area contributed by atoms with E-state index in [1.54, 1.807) is 0 Å². The predicted octanol–water partition coefficient (Wildman–Crippen LogP) is 0.634. The minimum atomic E-state index is 0.477. The van der Waals surface area contributed by atoms with Crippen LogP contribution < -0.4 is 5.32 Å². The molecule has 1 aliphatic heterocycles. The number of nitrogens with one attached hydrogen (secondary N) is 1. The first-order valence-corrected chi connectivity index (χ1v) is 4.47. The largest absolute Gasteiger partial charge is 0.425 e. The van der Waals surface area contributed by atoms with Gasteiger partial charge in [0.1, 0.15) is 0 Å². The second-order valence-electron chi connectivity index (χ2n) is 3.61. The molecule has 12 heavy (non-hydrogen) atoms. The van der Waals surface area contributed by atoms with Gasteiger partial charge < -0.3 is 9.73 Å². The fourth-order valence-corrected chi connectivity index (χ4v) is 1.37. The third kappa shape index (κ3) is 0.948. The molecule has 2 heterocycles. The number of rotatable bonds is 2. The fourth-order valence-electron chi connectivity index (χ4n) is 1.37. The summed E-state index contributed by atoms with van der Waals surface area (Å²) in [4.78, 5) is 0. The summed E-state index contributed by atoms with van der Waals surface area (Å²) in [6.45, 7) is 1.98. The fraction of sp³-hybridized carbons (Fsp3) is 0.750. The molecule has 64 valence electrons. The van der Waals surface area contributed by atoms with Crippen molar-refractivity contribution < 1.29 is 4.42 Å². The van der Waals surface area contributed by atoms with Crippen molar-refractivity contribution in [2.24, 2.45) is 0 Å². The van der Waals surface area contributed by atoms with Crippen molar-refractivity contribution in [1.82, 2.24) is 15.5 Å². The molecule has 1 saturated carbocycles. The standard InChI is InChI=1S/C8H11N3O/c1-2-5(1)7-10-11-8(12-7)6-3-9-4-6/h5-6,9H,1-4H2. The van der Waals surface area contributed by atoms with Gasteiger partial charge in [0.25, 0.3) is 0 Å². The highest BCUT2D eigenvalue weighted by Crippen LogP contribution is 2.39. The molecule has 3 rings (SSSR count). The van der Waals surface area contributed by atoms with Crippen molar-refractivity contribution in [1.29, 1.82) is 0 Å². The maximum Gasteiger partial charge on any atom is 0.222 e. The average Bonchev–Trinajstić information content (AvgIpc) is 2.70. The van der Waals surface area contributed by atoms with E-state index in [0.717, 1.165) is 24.9 Å². The van der Waals surface area contributed by atoms with E-state index in [0.29, 0.717) is 11.8 Å². The molecule has 2 aliphatic rings. The summed E-state index contributed by atoms with van der Waals surface area (Å²) in [6.07, 6.45) is 2.45. The Kier molecular flexibility index (Phi) is 1.26. The SMILES string of the molecule is C1CC1c1nnc(C2CNC2)o1. The molecule has 1 aromatic heterocycles. The lowest BCUT2D eigenvalue weighted by atomic mass is 10.0. The highest BCUT2D eigenvalue weighted by atomic mass is 16.4. The van der Waals surface area contributed by atoms with Crippen molar-refractivity contribution in [2.45, 2.75) is 24.7 Å². The van der Waals surface area contributed by atoms with Crippen molar-refractivity contribution in [3.63, 3.8) is 0 Å². The maximum absolute atomic E-state index is 5.55. The van der Waals surface area contributed by atoms with E-state index >= 15 is 0 Å². The van der Waals surface area contributed by atoms with Gasteiger partial charge in [-0.1, -0.05) is 0 Å². The van der Waals surface area contributed by atoms with Gasteiger partial charge in [-0.3, -0.25) is 0 Å². The summed E-state index contributed by atoms with van der Waals surface area (Å²) >= 11 is 0. The molecular weight excluding hydrogens is 154 g/mol. The van der Waals surface area contributed by atoms with Gasteiger partial charge in [0.2, 0.25) is 11.8 Å². The van der Waals surface area contributed by atoms with Crippen LogP contribution in [-0.4, -0.2) is 23.3 Å². The third-order valence-corrected chi connectivity index (χ3v) is 2.51. The normalized spacial score (nSPS) is 24.0. The smallest absolute Gasteiger partial charge is 0.222 e. The molecule has 0 aromatic carbocycles. The van der Waals surface area contributed by atoms with Crippen molar-refractivity contribution in [2.75, 3.05) is 13.1 Å². The van der Waals surface area contributed by atoms with Crippen LogP contribution in [0.25, 0.3) is 0 Å². The van der Waals surface area contributed by atoms with Gasteiger partial charge in [0.15, 0.2) is 0 Å². The van der Waals surface area contributed by atoms with Gasteiger partial charge >= 0.3 is 0 Å². The molecule has 0 atom stereocenters. The van der Waals surface area contributed by atoms with Gasteiger partial charge in [-0.05, 0) is 12.8 Å². The zero-order valence-corrected chi connectivity index (χ0v) is 6.79. The van der Waals surface area contributed by atoms with Crippen LogP contribution in [0.4, 0.5) is 0 Å². The highest BCUT2D eigenvalue weighted by Gasteiger charge is 2.31. The van der Waals surface area contributed by atoms with Crippen LogP contribution in [-0.2, 0) is 0 Å². The third-order valence-electron chi connectivity index (χ3n) is 2.51. The van der Waals surface area contributed by atoms with Crippen LogP contribution in [0.3, 0.4) is 0 Å². The molecule has 0 spiro atoms. The molecule has 1 aliphatic carbocycles. The van der Waals surface area contributed by atoms with Crippen LogP contribution in [0, 0.1) is 0 Å². The van der Waals surface area contributed by atoms with E-state index < -0.39 is 0 Å². The first kappa shape index (κ1) is 6.60. The average molecular weight is 165 g/mol. The molecule has 1 aromatic rings. The Morgan fingerprint density at radius 1 is 1.08 bits per heavy atom. The lowest BCUT2D eigenvalue weighted by Gasteiger charge is -2.22. The Hall–Kier alpha value is -0.900. The number of nitrogens with zero attached hydrogens (tertiary/aromatic N) is 2. The molecule has 1 N–H and O–H groups in total. The van der Waals surface area contributed by atoms with Crippen LogP contribution in [0.2, 0.25) is 0 Å². The molecule has 4 heteroatoms. The lowest BCUT2D eigenvalue weighted by Crippen LogP contribution is -2.40. The van der Waals surface area contributed by atoms with E-state index in [9.17, 15) is 0 Å². The van der Waals surface area contributed by atoms with Crippen LogP contribution >= 0.6 is 0 Å². The molecule has 0 bridgehead atoms. The van der Waals surface area contributed by atoms with E-state index in [-0.39, 0.29) is 0 Å². The summed E-state index contributed by atoms with van der Waals surface area (Å²) in [5, 5.41) is 11.3. The van der Waals surface area contributed by atoms with Gasteiger partial charge in [0, 0.05) is 19.0 Å². The van der Waals surface area contributed by atoms with E-state index in [1.807, 2.05) is 0 Å². The molecule has 1 saturated heterocycles. The quantitative estimate of drug-likeness (QED) is 0.698. The Bertz CT molecular complexity index is 288. The van der Waals surface area contributed by atoms with Crippen LogP contribution in [0.15, 0.2) is 4.42 Å². The van der Waals surface area contributed by atoms with Gasteiger partial charge in [-0.2, -0.15) is 0 Å². The Labute approximate surface area is 70.4 Å². The zero-order chi connectivity index (χ0) is 7.97.